The van der Waals surface area contributed by atoms with Crippen LogP contribution < -0.4 is 0 Å². The Balaban J connectivity index is 0.000000561. The number of aryl methyl sites for hydroxylation is 2. The van der Waals surface area contributed by atoms with Crippen LogP contribution in [0.3, 0.4) is 0 Å². The number of hydrogen-bond donors (Lipinski definition) is 0. The summed E-state index contributed by atoms with van der Waals surface area (Å²) in [5.74, 6) is 0. The summed E-state index contributed by atoms with van der Waals surface area (Å²) in [6, 6.07) is 6.46. The average molecular weight is 162 g/mol. The van der Waals surface area contributed by atoms with E-state index in [-0.39, 0.29) is 0 Å². The van der Waals surface area contributed by atoms with Crippen molar-refractivity contribution in [1.82, 2.24) is 0 Å². The summed E-state index contributed by atoms with van der Waals surface area (Å²) >= 11 is 0. The van der Waals surface area contributed by atoms with E-state index < -0.39 is 0 Å². The van der Waals surface area contributed by atoms with E-state index >= 15 is 0 Å². The minimum absolute atomic E-state index is 1.15. The van der Waals surface area contributed by atoms with Gasteiger partial charge < -0.3 is 0 Å². The first-order valence-corrected chi connectivity index (χ1v) is 4.30. The van der Waals surface area contributed by atoms with E-state index in [4.69, 9.17) is 0 Å². The first-order chi connectivity index (χ1) is 5.75. The van der Waals surface area contributed by atoms with Gasteiger partial charge >= 0.3 is 0 Å². The molecular formula is C12H18. The number of benzene rings is 1. The molecule has 0 radical (unpaired) electrons. The molecule has 0 aliphatic carbocycles. The highest BCUT2D eigenvalue weighted by molar-refractivity contribution is 5.33. The fraction of sp³-hybridized carbons (Fsp3) is 0.333. The van der Waals surface area contributed by atoms with Crippen molar-refractivity contribution in [2.24, 2.45) is 0 Å². The van der Waals surface area contributed by atoms with Gasteiger partial charge in [-0.2, -0.15) is 0 Å². The lowest BCUT2D eigenvalue weighted by atomic mass is 10.0. The minimum Gasteiger partial charge on any atom is -0.106 e. The lowest BCUT2D eigenvalue weighted by Gasteiger charge is -2.04. The second kappa shape index (κ2) is 5.59. The molecule has 0 N–H and O–H groups in total. The van der Waals surface area contributed by atoms with Gasteiger partial charge in [0.25, 0.3) is 0 Å². The van der Waals surface area contributed by atoms with Crippen LogP contribution in [-0.2, 0) is 6.42 Å². The van der Waals surface area contributed by atoms with E-state index in [0.29, 0.717) is 0 Å². The summed E-state index contributed by atoms with van der Waals surface area (Å²) in [5, 5.41) is 0. The molecule has 0 unspecified atom stereocenters. The van der Waals surface area contributed by atoms with Crippen molar-refractivity contribution in [3.8, 4) is 0 Å². The summed E-state index contributed by atoms with van der Waals surface area (Å²) < 4.78 is 0. The summed E-state index contributed by atoms with van der Waals surface area (Å²) in [5.41, 5.74) is 4.34. The Hall–Kier alpha value is -1.04. The normalized spacial score (nSPS) is 8.58. The molecule has 1 aromatic carbocycles. The summed E-state index contributed by atoms with van der Waals surface area (Å²) in [7, 11) is 0. The Morgan fingerprint density at radius 3 is 1.75 bits per heavy atom. The SMILES string of the molecule is C=C.CCc1c(C)cccc1C. The maximum atomic E-state index is 3.00. The Morgan fingerprint density at radius 1 is 1.08 bits per heavy atom. The Morgan fingerprint density at radius 2 is 1.50 bits per heavy atom. The third-order valence-electron chi connectivity index (χ3n) is 2.00. The van der Waals surface area contributed by atoms with Crippen molar-refractivity contribution >= 4 is 0 Å². The summed E-state index contributed by atoms with van der Waals surface area (Å²) in [6.45, 7) is 12.5. The molecule has 0 amide bonds. The molecule has 0 heteroatoms. The quantitative estimate of drug-likeness (QED) is 0.553. The molecular weight excluding hydrogens is 144 g/mol. The van der Waals surface area contributed by atoms with E-state index in [9.17, 15) is 0 Å². The van der Waals surface area contributed by atoms with Gasteiger partial charge in [0.05, 0.1) is 0 Å². The van der Waals surface area contributed by atoms with E-state index in [1.165, 1.54) is 16.7 Å². The van der Waals surface area contributed by atoms with Crippen molar-refractivity contribution < 1.29 is 0 Å². The zero-order chi connectivity index (χ0) is 9.56. The maximum Gasteiger partial charge on any atom is -0.0302 e. The van der Waals surface area contributed by atoms with Gasteiger partial charge in [0.15, 0.2) is 0 Å². The zero-order valence-corrected chi connectivity index (χ0v) is 8.35. The van der Waals surface area contributed by atoms with Gasteiger partial charge in [-0.25, -0.2) is 0 Å². The second-order valence-electron chi connectivity index (χ2n) is 2.72. The highest BCUT2D eigenvalue weighted by atomic mass is 14.0. The van der Waals surface area contributed by atoms with Gasteiger partial charge in [0, 0.05) is 0 Å². The average Bonchev–Trinajstić information content (AvgIpc) is 2.08. The smallest absolute Gasteiger partial charge is 0.0302 e. The van der Waals surface area contributed by atoms with Crippen molar-refractivity contribution in [3.05, 3.63) is 48.0 Å². The van der Waals surface area contributed by atoms with E-state index in [1.807, 2.05) is 0 Å². The molecule has 12 heavy (non-hydrogen) atoms. The lowest BCUT2D eigenvalue weighted by molar-refractivity contribution is 1.08. The molecule has 0 fully saturated rings. The predicted octanol–water partition coefficient (Wildman–Crippen LogP) is 3.67. The predicted molar refractivity (Wildman–Crippen MR) is 56.5 cm³/mol. The van der Waals surface area contributed by atoms with Crippen molar-refractivity contribution in [2.75, 3.05) is 0 Å². The minimum atomic E-state index is 1.15. The summed E-state index contributed by atoms with van der Waals surface area (Å²) in [6.07, 6.45) is 1.15. The van der Waals surface area contributed by atoms with E-state index in [2.05, 4.69) is 52.1 Å². The standard InChI is InChI=1S/C10H14.C2H4/c1-4-10-8(2)6-5-7-9(10)3;1-2/h5-7H,4H2,1-3H3;1-2H2. The first kappa shape index (κ1) is 11.0. The first-order valence-electron chi connectivity index (χ1n) is 4.30. The van der Waals surface area contributed by atoms with Gasteiger partial charge in [-0.05, 0) is 37.0 Å². The summed E-state index contributed by atoms with van der Waals surface area (Å²) in [4.78, 5) is 0. The molecule has 0 heterocycles. The fourth-order valence-electron chi connectivity index (χ4n) is 1.41. The van der Waals surface area contributed by atoms with Gasteiger partial charge in [0.2, 0.25) is 0 Å². The second-order valence-corrected chi connectivity index (χ2v) is 2.72. The third kappa shape index (κ3) is 2.54. The van der Waals surface area contributed by atoms with Crippen molar-refractivity contribution in [3.63, 3.8) is 0 Å². The number of rotatable bonds is 1. The van der Waals surface area contributed by atoms with E-state index in [0.717, 1.165) is 6.42 Å². The maximum absolute atomic E-state index is 3.00. The number of hydrogen-bond acceptors (Lipinski definition) is 0. The molecule has 0 aliphatic heterocycles. The largest absolute Gasteiger partial charge is 0.106 e. The fourth-order valence-corrected chi connectivity index (χ4v) is 1.41. The Kier molecular flexibility index (Phi) is 5.11. The third-order valence-corrected chi connectivity index (χ3v) is 2.00. The lowest BCUT2D eigenvalue weighted by Crippen LogP contribution is -1.89. The topological polar surface area (TPSA) is 0 Å². The van der Waals surface area contributed by atoms with Gasteiger partial charge in [0.1, 0.15) is 0 Å². The highest BCUT2D eigenvalue weighted by Gasteiger charge is 1.96. The highest BCUT2D eigenvalue weighted by Crippen LogP contribution is 2.12. The molecule has 0 saturated heterocycles. The molecule has 0 aliphatic rings. The van der Waals surface area contributed by atoms with Gasteiger partial charge in [-0.1, -0.05) is 25.1 Å². The monoisotopic (exact) mass is 162 g/mol. The zero-order valence-electron chi connectivity index (χ0n) is 8.35. The molecule has 0 aromatic heterocycles. The van der Waals surface area contributed by atoms with Crippen molar-refractivity contribution in [2.45, 2.75) is 27.2 Å². The van der Waals surface area contributed by atoms with Crippen LogP contribution in [0.15, 0.2) is 31.4 Å². The van der Waals surface area contributed by atoms with Crippen LogP contribution in [0.5, 0.6) is 0 Å². The molecule has 0 atom stereocenters. The van der Waals surface area contributed by atoms with Crippen LogP contribution in [0, 0.1) is 13.8 Å². The van der Waals surface area contributed by atoms with E-state index in [1.54, 1.807) is 0 Å². The Bertz CT molecular complexity index is 216. The van der Waals surface area contributed by atoms with Gasteiger partial charge in [-0.15, -0.1) is 13.2 Å². The molecule has 0 saturated carbocycles. The molecule has 1 rings (SSSR count). The van der Waals surface area contributed by atoms with Crippen LogP contribution in [0.4, 0.5) is 0 Å². The Labute approximate surface area is 75.9 Å². The molecule has 0 spiro atoms. The molecule has 0 nitrogen and oxygen atoms in total. The molecule has 0 bridgehead atoms. The van der Waals surface area contributed by atoms with Crippen LogP contribution in [0.1, 0.15) is 23.6 Å². The van der Waals surface area contributed by atoms with Crippen LogP contribution in [0.25, 0.3) is 0 Å². The molecule has 66 valence electrons. The van der Waals surface area contributed by atoms with Crippen LogP contribution in [-0.4, -0.2) is 0 Å². The molecule has 1 aromatic rings. The van der Waals surface area contributed by atoms with Crippen LogP contribution in [0.2, 0.25) is 0 Å². The van der Waals surface area contributed by atoms with Gasteiger partial charge in [-0.3, -0.25) is 0 Å². The van der Waals surface area contributed by atoms with Crippen molar-refractivity contribution in [1.29, 1.82) is 0 Å². The van der Waals surface area contributed by atoms with Crippen LogP contribution >= 0.6 is 0 Å².